The minimum Gasteiger partial charge on any atom is -0.365 e. The predicted octanol–water partition coefficient (Wildman–Crippen LogP) is 4.26. The van der Waals surface area contributed by atoms with Gasteiger partial charge in [-0.25, -0.2) is 24.1 Å². The van der Waals surface area contributed by atoms with Crippen LogP contribution in [-0.2, 0) is 4.79 Å². The summed E-state index contributed by atoms with van der Waals surface area (Å²) in [6.07, 6.45) is 9.20. The van der Waals surface area contributed by atoms with Crippen LogP contribution in [0.3, 0.4) is 0 Å². The Balaban J connectivity index is 1.64. The van der Waals surface area contributed by atoms with E-state index in [-0.39, 0.29) is 11.9 Å². The second-order valence-corrected chi connectivity index (χ2v) is 7.72. The zero-order chi connectivity index (χ0) is 19.7. The molecule has 9 heteroatoms. The van der Waals surface area contributed by atoms with Crippen molar-refractivity contribution in [1.29, 1.82) is 0 Å². The standard InChI is InChI=1S/C19H18ClFN6O/c1-19(25-10-28)4-2-3-12(6-19)26-18-15(21)9-24-17(27-18)14-8-23-16-13(14)5-11(20)7-22-16/h5,7-9,12H,2-4,6H2,1H3,(H,22,23)(H,24,26,27)/t12?,19-/m1/s1. The summed E-state index contributed by atoms with van der Waals surface area (Å²) in [5, 5.41) is 4.41. The monoisotopic (exact) mass is 400 g/mol. The molecule has 0 radical (unpaired) electrons. The van der Waals surface area contributed by atoms with Gasteiger partial charge in [-0.3, -0.25) is 0 Å². The number of hydrogen-bond acceptors (Lipinski definition) is 6. The molecule has 0 aromatic carbocycles. The third-order valence-electron chi connectivity index (χ3n) is 5.09. The molecule has 0 spiro atoms. The molecule has 1 saturated carbocycles. The van der Waals surface area contributed by atoms with Gasteiger partial charge in [0.05, 0.1) is 16.8 Å². The van der Waals surface area contributed by atoms with E-state index >= 15 is 0 Å². The highest BCUT2D eigenvalue weighted by atomic mass is 35.5. The van der Waals surface area contributed by atoms with Gasteiger partial charge in [-0.2, -0.15) is 4.99 Å². The highest BCUT2D eigenvalue weighted by Crippen LogP contribution is 2.33. The lowest BCUT2D eigenvalue weighted by atomic mass is 9.81. The fourth-order valence-corrected chi connectivity index (χ4v) is 3.91. The Kier molecular flexibility index (Phi) is 4.83. The van der Waals surface area contributed by atoms with Crippen LogP contribution >= 0.6 is 11.6 Å². The summed E-state index contributed by atoms with van der Waals surface area (Å²) >= 11 is 6.05. The summed E-state index contributed by atoms with van der Waals surface area (Å²) in [4.78, 5) is 30.4. The molecule has 7 nitrogen and oxygen atoms in total. The summed E-state index contributed by atoms with van der Waals surface area (Å²) < 4.78 is 14.4. The number of H-pyrrole nitrogens is 1. The smallest absolute Gasteiger partial charge is 0.235 e. The number of aromatic nitrogens is 4. The van der Waals surface area contributed by atoms with E-state index in [0.717, 1.165) is 30.8 Å². The van der Waals surface area contributed by atoms with Crippen molar-refractivity contribution in [2.75, 3.05) is 5.32 Å². The lowest BCUT2D eigenvalue weighted by molar-refractivity contribution is 0.303. The fourth-order valence-electron chi connectivity index (χ4n) is 3.75. The number of nitrogens with zero attached hydrogens (tertiary/aromatic N) is 4. The van der Waals surface area contributed by atoms with E-state index in [9.17, 15) is 9.18 Å². The van der Waals surface area contributed by atoms with Gasteiger partial charge >= 0.3 is 0 Å². The molecule has 0 aliphatic heterocycles. The van der Waals surface area contributed by atoms with Crippen molar-refractivity contribution in [1.82, 2.24) is 19.9 Å². The van der Waals surface area contributed by atoms with Gasteiger partial charge in [0.1, 0.15) is 5.65 Å². The van der Waals surface area contributed by atoms with Gasteiger partial charge in [0.15, 0.2) is 17.5 Å². The van der Waals surface area contributed by atoms with Crippen LogP contribution in [0.15, 0.2) is 29.6 Å². The molecule has 2 N–H and O–H groups in total. The van der Waals surface area contributed by atoms with E-state index in [1.807, 2.05) is 6.92 Å². The topological polar surface area (TPSA) is 95.9 Å². The molecule has 4 rings (SSSR count). The predicted molar refractivity (Wildman–Crippen MR) is 104 cm³/mol. The highest BCUT2D eigenvalue weighted by Gasteiger charge is 2.32. The maximum absolute atomic E-state index is 14.4. The highest BCUT2D eigenvalue weighted by molar-refractivity contribution is 6.31. The first-order valence-corrected chi connectivity index (χ1v) is 9.36. The molecule has 144 valence electrons. The Morgan fingerprint density at radius 1 is 1.43 bits per heavy atom. The average Bonchev–Trinajstić information content (AvgIpc) is 3.06. The molecular formula is C19H18ClFN6O. The largest absolute Gasteiger partial charge is 0.365 e. The van der Waals surface area contributed by atoms with E-state index in [1.54, 1.807) is 24.5 Å². The normalized spacial score (nSPS) is 22.0. The van der Waals surface area contributed by atoms with Crippen molar-refractivity contribution in [3.8, 4) is 11.4 Å². The number of carbonyl (C=O) groups excluding carboxylic acids is 1. The van der Waals surface area contributed by atoms with Crippen molar-refractivity contribution in [3.05, 3.63) is 35.5 Å². The van der Waals surface area contributed by atoms with Gasteiger partial charge in [-0.1, -0.05) is 11.6 Å². The first-order valence-electron chi connectivity index (χ1n) is 8.98. The first-order chi connectivity index (χ1) is 13.5. The first kappa shape index (κ1) is 18.5. The van der Waals surface area contributed by atoms with Crippen molar-refractivity contribution in [2.45, 2.75) is 44.2 Å². The average molecular weight is 401 g/mol. The Hall–Kier alpha value is -2.83. The van der Waals surface area contributed by atoms with E-state index in [1.165, 1.54) is 0 Å². The third kappa shape index (κ3) is 3.61. The van der Waals surface area contributed by atoms with Gasteiger partial charge in [0.25, 0.3) is 0 Å². The Labute approximate surface area is 165 Å². The molecule has 1 unspecified atom stereocenters. The van der Waals surface area contributed by atoms with E-state index in [2.05, 4.69) is 30.2 Å². The number of rotatable bonds is 4. The number of pyridine rings is 1. The quantitative estimate of drug-likeness (QED) is 0.503. The van der Waals surface area contributed by atoms with Crippen LogP contribution in [0.4, 0.5) is 10.2 Å². The van der Waals surface area contributed by atoms with Gasteiger partial charge in [-0.05, 0) is 38.7 Å². The molecule has 3 aromatic heterocycles. The summed E-state index contributed by atoms with van der Waals surface area (Å²) in [7, 11) is 0. The van der Waals surface area contributed by atoms with Gasteiger partial charge in [0, 0.05) is 29.4 Å². The van der Waals surface area contributed by atoms with Crippen LogP contribution in [-0.4, -0.2) is 37.6 Å². The Morgan fingerprint density at radius 3 is 3.11 bits per heavy atom. The fraction of sp³-hybridized carbons (Fsp3) is 0.368. The van der Waals surface area contributed by atoms with Crippen molar-refractivity contribution >= 4 is 34.5 Å². The number of isocyanates is 1. The number of anilines is 1. The van der Waals surface area contributed by atoms with Crippen LogP contribution in [0.1, 0.15) is 32.6 Å². The Morgan fingerprint density at radius 2 is 2.29 bits per heavy atom. The lowest BCUT2D eigenvalue weighted by Gasteiger charge is -2.34. The Bertz CT molecular complexity index is 1080. The van der Waals surface area contributed by atoms with E-state index in [0.29, 0.717) is 28.5 Å². The van der Waals surface area contributed by atoms with Gasteiger partial charge < -0.3 is 10.3 Å². The molecule has 3 heterocycles. The maximum Gasteiger partial charge on any atom is 0.235 e. The van der Waals surface area contributed by atoms with Crippen LogP contribution in [0.2, 0.25) is 5.02 Å². The minimum absolute atomic E-state index is 0.0489. The third-order valence-corrected chi connectivity index (χ3v) is 5.30. The van der Waals surface area contributed by atoms with Crippen LogP contribution < -0.4 is 5.32 Å². The number of aliphatic imine (C=N–C) groups is 1. The number of fused-ring (bicyclic) bond motifs is 1. The molecule has 0 saturated heterocycles. The summed E-state index contributed by atoms with van der Waals surface area (Å²) in [5.74, 6) is -0.0479. The number of halogens is 2. The molecule has 1 aliphatic rings. The lowest BCUT2D eigenvalue weighted by Crippen LogP contribution is -2.37. The van der Waals surface area contributed by atoms with Crippen molar-refractivity contribution in [3.63, 3.8) is 0 Å². The van der Waals surface area contributed by atoms with Gasteiger partial charge in [0.2, 0.25) is 6.08 Å². The molecule has 1 aliphatic carbocycles. The second-order valence-electron chi connectivity index (χ2n) is 7.28. The minimum atomic E-state index is -0.536. The van der Waals surface area contributed by atoms with Crippen LogP contribution in [0.5, 0.6) is 0 Å². The SMILES string of the molecule is C[C@@]1(N=C=O)CCCC(Nc2nc(-c3c[nH]c4ncc(Cl)cc34)ncc2F)C1. The van der Waals surface area contributed by atoms with Crippen LogP contribution in [0, 0.1) is 5.82 Å². The molecule has 1 fully saturated rings. The molecule has 0 bridgehead atoms. The molecular weight excluding hydrogens is 383 g/mol. The molecule has 2 atom stereocenters. The van der Waals surface area contributed by atoms with E-state index < -0.39 is 11.4 Å². The molecule has 3 aromatic rings. The summed E-state index contributed by atoms with van der Waals surface area (Å²) in [6, 6.07) is 1.71. The molecule has 28 heavy (non-hydrogen) atoms. The molecule has 0 amide bonds. The van der Waals surface area contributed by atoms with E-state index in [4.69, 9.17) is 11.6 Å². The number of aromatic amines is 1. The second kappa shape index (κ2) is 7.30. The maximum atomic E-state index is 14.4. The zero-order valence-electron chi connectivity index (χ0n) is 15.2. The van der Waals surface area contributed by atoms with Gasteiger partial charge in [-0.15, -0.1) is 0 Å². The van der Waals surface area contributed by atoms with Crippen molar-refractivity contribution < 1.29 is 9.18 Å². The van der Waals surface area contributed by atoms with Crippen LogP contribution in [0.25, 0.3) is 22.4 Å². The zero-order valence-corrected chi connectivity index (χ0v) is 15.9. The number of nitrogens with one attached hydrogen (secondary N) is 2. The van der Waals surface area contributed by atoms with Crippen molar-refractivity contribution in [2.24, 2.45) is 4.99 Å². The summed E-state index contributed by atoms with van der Waals surface area (Å²) in [6.45, 7) is 1.91. The number of hydrogen-bond donors (Lipinski definition) is 2. The summed E-state index contributed by atoms with van der Waals surface area (Å²) in [5.41, 5.74) is 0.854.